The molecule has 0 saturated carbocycles. The van der Waals surface area contributed by atoms with Gasteiger partial charge in [0.05, 0.1) is 14.2 Å². The smallest absolute Gasteiger partial charge is 0.251 e. The molecule has 0 aromatic heterocycles. The van der Waals surface area contributed by atoms with Crippen molar-refractivity contribution >= 4 is 23.6 Å². The number of anilines is 1. The lowest BCUT2D eigenvalue weighted by atomic mass is 10.1. The number of hydrogen-bond donors (Lipinski definition) is 2. The Bertz CT molecular complexity index is 811. The van der Waals surface area contributed by atoms with Crippen LogP contribution in [-0.4, -0.2) is 26.0 Å². The first kappa shape index (κ1) is 18.1. The quantitative estimate of drug-likeness (QED) is 0.791. The molecular weight excluding hydrogens is 320 g/mol. The monoisotopic (exact) mass is 340 g/mol. The maximum absolute atomic E-state index is 12.3. The highest BCUT2D eigenvalue weighted by molar-refractivity contribution is 6.06. The Morgan fingerprint density at radius 3 is 2.20 bits per heavy atom. The van der Waals surface area contributed by atoms with Crippen LogP contribution in [0.4, 0.5) is 5.69 Å². The molecule has 3 N–H and O–H groups in total. The number of carbonyl (C=O) groups is 2. The standard InChI is InChI=1S/C19H20N2O4/c1-12(10-13-4-9-16(24-2)17(11-13)25-3)19(23)21-15-7-5-14(6-8-15)18(20)22/h4-11H,1-3H3,(H2,20,22)(H,21,23)/b12-10+. The largest absolute Gasteiger partial charge is 0.493 e. The Morgan fingerprint density at radius 2 is 1.64 bits per heavy atom. The molecule has 0 heterocycles. The molecule has 0 aliphatic heterocycles. The molecule has 0 fully saturated rings. The van der Waals surface area contributed by atoms with Crippen LogP contribution in [0.1, 0.15) is 22.8 Å². The van der Waals surface area contributed by atoms with Gasteiger partial charge in [-0.3, -0.25) is 9.59 Å². The number of nitrogens with one attached hydrogen (secondary N) is 1. The number of methoxy groups -OCH3 is 2. The molecule has 2 aromatic rings. The third kappa shape index (κ3) is 4.60. The van der Waals surface area contributed by atoms with E-state index < -0.39 is 5.91 Å². The third-order valence-electron chi connectivity index (χ3n) is 3.58. The average molecular weight is 340 g/mol. The number of rotatable bonds is 6. The third-order valence-corrected chi connectivity index (χ3v) is 3.58. The lowest BCUT2D eigenvalue weighted by Crippen LogP contribution is -2.13. The van der Waals surface area contributed by atoms with Crippen molar-refractivity contribution in [2.75, 3.05) is 19.5 Å². The van der Waals surface area contributed by atoms with Crippen molar-refractivity contribution in [1.82, 2.24) is 0 Å². The van der Waals surface area contributed by atoms with Gasteiger partial charge in [0.25, 0.3) is 5.91 Å². The molecule has 2 aromatic carbocycles. The zero-order valence-electron chi connectivity index (χ0n) is 14.3. The fraction of sp³-hybridized carbons (Fsp3) is 0.158. The van der Waals surface area contributed by atoms with Gasteiger partial charge in [0.1, 0.15) is 0 Å². The number of hydrogen-bond acceptors (Lipinski definition) is 4. The van der Waals surface area contributed by atoms with Crippen LogP contribution < -0.4 is 20.5 Å². The van der Waals surface area contributed by atoms with Crippen LogP contribution in [0, 0.1) is 0 Å². The van der Waals surface area contributed by atoms with E-state index in [1.165, 1.54) is 0 Å². The van der Waals surface area contributed by atoms with E-state index in [2.05, 4.69) is 5.32 Å². The van der Waals surface area contributed by atoms with Gasteiger partial charge in [0, 0.05) is 16.8 Å². The zero-order chi connectivity index (χ0) is 18.4. The topological polar surface area (TPSA) is 90.6 Å². The average Bonchev–Trinajstić information content (AvgIpc) is 2.61. The second-order valence-corrected chi connectivity index (χ2v) is 5.34. The van der Waals surface area contributed by atoms with Gasteiger partial charge in [-0.25, -0.2) is 0 Å². The normalized spacial score (nSPS) is 10.9. The molecule has 0 aliphatic rings. The van der Waals surface area contributed by atoms with Crippen molar-refractivity contribution < 1.29 is 19.1 Å². The summed E-state index contributed by atoms with van der Waals surface area (Å²) in [6, 6.07) is 11.8. The van der Waals surface area contributed by atoms with Crippen molar-refractivity contribution in [1.29, 1.82) is 0 Å². The van der Waals surface area contributed by atoms with Gasteiger partial charge >= 0.3 is 0 Å². The van der Waals surface area contributed by atoms with Crippen LogP contribution in [0.2, 0.25) is 0 Å². The summed E-state index contributed by atoms with van der Waals surface area (Å²) in [5.41, 5.74) is 7.49. The van der Waals surface area contributed by atoms with Crippen LogP contribution >= 0.6 is 0 Å². The predicted octanol–water partition coefficient (Wildman–Crippen LogP) is 2.84. The van der Waals surface area contributed by atoms with E-state index in [1.54, 1.807) is 63.6 Å². The Balaban J connectivity index is 2.13. The first-order valence-corrected chi connectivity index (χ1v) is 7.56. The summed E-state index contributed by atoms with van der Waals surface area (Å²) in [5.74, 6) is 0.451. The summed E-state index contributed by atoms with van der Waals surface area (Å²) >= 11 is 0. The molecular formula is C19H20N2O4. The minimum Gasteiger partial charge on any atom is -0.493 e. The van der Waals surface area contributed by atoms with Crippen molar-refractivity contribution in [3.05, 3.63) is 59.2 Å². The lowest BCUT2D eigenvalue weighted by Gasteiger charge is -2.09. The van der Waals surface area contributed by atoms with Crippen LogP contribution in [0.25, 0.3) is 6.08 Å². The summed E-state index contributed by atoms with van der Waals surface area (Å²) in [7, 11) is 3.12. The minimum absolute atomic E-state index is 0.249. The first-order chi connectivity index (χ1) is 11.9. The molecule has 0 spiro atoms. The second kappa shape index (κ2) is 8.01. The van der Waals surface area contributed by atoms with Gasteiger partial charge in [0.15, 0.2) is 11.5 Å². The Morgan fingerprint density at radius 1 is 1.00 bits per heavy atom. The summed E-state index contributed by atoms with van der Waals surface area (Å²) in [6.07, 6.45) is 1.75. The van der Waals surface area contributed by atoms with E-state index in [0.29, 0.717) is 28.3 Å². The summed E-state index contributed by atoms with van der Waals surface area (Å²) in [4.78, 5) is 23.3. The Labute approximate surface area is 146 Å². The highest BCUT2D eigenvalue weighted by atomic mass is 16.5. The second-order valence-electron chi connectivity index (χ2n) is 5.34. The van der Waals surface area contributed by atoms with Gasteiger partial charge in [0.2, 0.25) is 5.91 Å². The molecule has 130 valence electrons. The van der Waals surface area contributed by atoms with E-state index in [1.807, 2.05) is 6.07 Å². The molecule has 0 saturated heterocycles. The van der Waals surface area contributed by atoms with E-state index >= 15 is 0 Å². The van der Waals surface area contributed by atoms with Crippen molar-refractivity contribution in [2.45, 2.75) is 6.92 Å². The van der Waals surface area contributed by atoms with Gasteiger partial charge < -0.3 is 20.5 Å². The van der Waals surface area contributed by atoms with Gasteiger partial charge in [-0.15, -0.1) is 0 Å². The summed E-state index contributed by atoms with van der Waals surface area (Å²) < 4.78 is 10.4. The molecule has 6 heteroatoms. The number of carbonyl (C=O) groups excluding carboxylic acids is 2. The number of nitrogens with two attached hydrogens (primary N) is 1. The fourth-order valence-electron chi connectivity index (χ4n) is 2.21. The van der Waals surface area contributed by atoms with E-state index in [4.69, 9.17) is 15.2 Å². The van der Waals surface area contributed by atoms with E-state index in [9.17, 15) is 9.59 Å². The highest BCUT2D eigenvalue weighted by Gasteiger charge is 2.08. The number of ether oxygens (including phenoxy) is 2. The first-order valence-electron chi connectivity index (χ1n) is 7.56. The van der Waals surface area contributed by atoms with Gasteiger partial charge in [-0.05, 0) is 55.0 Å². The maximum atomic E-state index is 12.3. The molecule has 2 rings (SSSR count). The fourth-order valence-corrected chi connectivity index (χ4v) is 2.21. The minimum atomic E-state index is -0.512. The lowest BCUT2D eigenvalue weighted by molar-refractivity contribution is -0.112. The molecule has 6 nitrogen and oxygen atoms in total. The van der Waals surface area contributed by atoms with Crippen LogP contribution in [0.3, 0.4) is 0 Å². The van der Waals surface area contributed by atoms with E-state index in [0.717, 1.165) is 5.56 Å². The summed E-state index contributed by atoms with van der Waals surface area (Å²) in [6.45, 7) is 1.71. The Hall–Kier alpha value is -3.28. The van der Waals surface area contributed by atoms with Gasteiger partial charge in [-0.1, -0.05) is 6.07 Å². The van der Waals surface area contributed by atoms with Gasteiger partial charge in [-0.2, -0.15) is 0 Å². The van der Waals surface area contributed by atoms with Crippen LogP contribution in [0.15, 0.2) is 48.0 Å². The SMILES string of the molecule is COc1ccc(/C=C(\C)C(=O)Nc2ccc(C(N)=O)cc2)cc1OC. The highest BCUT2D eigenvalue weighted by Crippen LogP contribution is 2.28. The van der Waals surface area contributed by atoms with E-state index in [-0.39, 0.29) is 5.91 Å². The maximum Gasteiger partial charge on any atom is 0.251 e. The Kier molecular flexibility index (Phi) is 5.79. The zero-order valence-corrected chi connectivity index (χ0v) is 14.3. The van der Waals surface area contributed by atoms with Crippen molar-refractivity contribution in [2.24, 2.45) is 5.73 Å². The number of primary amides is 1. The molecule has 0 atom stereocenters. The molecule has 2 amide bonds. The predicted molar refractivity (Wildman–Crippen MR) is 96.8 cm³/mol. The molecule has 0 unspecified atom stereocenters. The van der Waals surface area contributed by atoms with Crippen LogP contribution in [-0.2, 0) is 4.79 Å². The van der Waals surface area contributed by atoms with Crippen molar-refractivity contribution in [3.63, 3.8) is 0 Å². The van der Waals surface area contributed by atoms with Crippen molar-refractivity contribution in [3.8, 4) is 11.5 Å². The molecule has 0 aliphatic carbocycles. The number of amides is 2. The van der Waals surface area contributed by atoms with Crippen LogP contribution in [0.5, 0.6) is 11.5 Å². The molecule has 25 heavy (non-hydrogen) atoms. The number of benzene rings is 2. The summed E-state index contributed by atoms with van der Waals surface area (Å²) in [5, 5.41) is 2.76. The molecule has 0 radical (unpaired) electrons. The molecule has 0 bridgehead atoms.